The third-order valence-corrected chi connectivity index (χ3v) is 2.22. The molecule has 1 fully saturated rings. The summed E-state index contributed by atoms with van der Waals surface area (Å²) < 4.78 is 11.7. The number of carbonyl (C=O) groups excluding carboxylic acids is 1. The van der Waals surface area contributed by atoms with Crippen LogP contribution in [-0.4, -0.2) is 35.1 Å². The molecule has 0 aromatic carbocycles. The van der Waals surface area contributed by atoms with Gasteiger partial charge in [0.25, 0.3) is 0 Å². The Hall–Kier alpha value is -1.36. The van der Waals surface area contributed by atoms with Crippen molar-refractivity contribution < 1.29 is 14.3 Å². The van der Waals surface area contributed by atoms with E-state index < -0.39 is 0 Å². The second kappa shape index (κ2) is 4.02. The maximum atomic E-state index is 11.5. The van der Waals surface area contributed by atoms with Gasteiger partial charge in [-0.3, -0.25) is 4.68 Å². The molecular formula is C10H14N2O3. The third-order valence-electron chi connectivity index (χ3n) is 2.22. The Balaban J connectivity index is 2.15. The minimum atomic E-state index is -0.353. The summed E-state index contributed by atoms with van der Waals surface area (Å²) in [5.41, 5.74) is 1.31. The Morgan fingerprint density at radius 2 is 2.53 bits per heavy atom. The topological polar surface area (TPSA) is 56.6 Å². The van der Waals surface area contributed by atoms with E-state index in [-0.39, 0.29) is 12.1 Å². The number of epoxide rings is 1. The second-order valence-corrected chi connectivity index (χ2v) is 3.56. The lowest BCUT2D eigenvalue weighted by atomic mass is 10.1. The predicted octanol–water partition coefficient (Wildman–Crippen LogP) is 0.538. The van der Waals surface area contributed by atoms with Crippen molar-refractivity contribution in [2.24, 2.45) is 7.05 Å². The summed E-state index contributed by atoms with van der Waals surface area (Å²) in [6.07, 6.45) is 2.83. The van der Waals surface area contributed by atoms with Crippen LogP contribution >= 0.6 is 0 Å². The lowest BCUT2D eigenvalue weighted by Gasteiger charge is -1.99. The summed E-state index contributed by atoms with van der Waals surface area (Å²) in [5.74, 6) is -0.353. The fourth-order valence-electron chi connectivity index (χ4n) is 1.49. The molecule has 1 aliphatic rings. The zero-order valence-corrected chi connectivity index (χ0v) is 8.90. The number of esters is 1. The fraction of sp³-hybridized carbons (Fsp3) is 0.600. The average Bonchev–Trinajstić information content (AvgIpc) is 2.90. The molecule has 0 amide bonds. The number of nitrogens with zero attached hydrogens (tertiary/aromatic N) is 2. The Morgan fingerprint density at radius 1 is 1.80 bits per heavy atom. The first-order chi connectivity index (χ1) is 7.20. The number of aromatic nitrogens is 2. The molecule has 1 aromatic heterocycles. The van der Waals surface area contributed by atoms with E-state index >= 15 is 0 Å². The van der Waals surface area contributed by atoms with Gasteiger partial charge in [-0.25, -0.2) is 4.79 Å². The summed E-state index contributed by atoms with van der Waals surface area (Å²) in [4.78, 5) is 11.5. The SMILES string of the molecule is CCOC(=O)c1nn(C)cc1CC1CO1. The van der Waals surface area contributed by atoms with Gasteiger partial charge in [0, 0.05) is 25.2 Å². The lowest BCUT2D eigenvalue weighted by molar-refractivity contribution is 0.0517. The highest BCUT2D eigenvalue weighted by Crippen LogP contribution is 2.18. The standard InChI is InChI=1S/C10H14N2O3/c1-3-14-10(13)9-7(4-8-6-15-8)5-12(2)11-9/h5,8H,3-4,6H2,1-2H3. The smallest absolute Gasteiger partial charge is 0.359 e. The second-order valence-electron chi connectivity index (χ2n) is 3.56. The van der Waals surface area contributed by atoms with Crippen molar-refractivity contribution in [1.29, 1.82) is 0 Å². The normalized spacial score (nSPS) is 18.9. The van der Waals surface area contributed by atoms with Gasteiger partial charge in [-0.2, -0.15) is 5.10 Å². The van der Waals surface area contributed by atoms with Crippen molar-refractivity contribution in [3.05, 3.63) is 17.5 Å². The predicted molar refractivity (Wildman–Crippen MR) is 52.6 cm³/mol. The molecule has 0 radical (unpaired) electrons. The molecule has 2 rings (SSSR count). The first-order valence-electron chi connectivity index (χ1n) is 5.02. The molecule has 0 spiro atoms. The Labute approximate surface area is 88.0 Å². The quantitative estimate of drug-likeness (QED) is 0.537. The first-order valence-corrected chi connectivity index (χ1v) is 5.02. The van der Waals surface area contributed by atoms with E-state index in [0.29, 0.717) is 12.3 Å². The van der Waals surface area contributed by atoms with Crippen LogP contribution < -0.4 is 0 Å². The van der Waals surface area contributed by atoms with Crippen molar-refractivity contribution in [2.45, 2.75) is 19.4 Å². The van der Waals surface area contributed by atoms with Crippen LogP contribution in [-0.2, 0) is 22.9 Å². The van der Waals surface area contributed by atoms with E-state index in [2.05, 4.69) is 5.10 Å². The molecule has 1 unspecified atom stereocenters. The molecule has 15 heavy (non-hydrogen) atoms. The van der Waals surface area contributed by atoms with E-state index in [1.165, 1.54) is 0 Å². The van der Waals surface area contributed by atoms with Gasteiger partial charge in [0.05, 0.1) is 19.3 Å². The molecule has 0 saturated carbocycles. The number of rotatable bonds is 4. The number of hydrogen-bond donors (Lipinski definition) is 0. The van der Waals surface area contributed by atoms with Crippen molar-refractivity contribution in [3.63, 3.8) is 0 Å². The molecule has 5 nitrogen and oxygen atoms in total. The highest BCUT2D eigenvalue weighted by molar-refractivity contribution is 5.88. The Kier molecular flexibility index (Phi) is 2.73. The van der Waals surface area contributed by atoms with Crippen molar-refractivity contribution in [2.75, 3.05) is 13.2 Å². The van der Waals surface area contributed by atoms with E-state index in [1.54, 1.807) is 18.7 Å². The van der Waals surface area contributed by atoms with E-state index in [9.17, 15) is 4.79 Å². The molecule has 0 aliphatic carbocycles. The fourth-order valence-corrected chi connectivity index (χ4v) is 1.49. The van der Waals surface area contributed by atoms with Gasteiger partial charge in [0.15, 0.2) is 5.69 Å². The van der Waals surface area contributed by atoms with Crippen molar-refractivity contribution >= 4 is 5.97 Å². The number of hydrogen-bond acceptors (Lipinski definition) is 4. The van der Waals surface area contributed by atoms with E-state index in [4.69, 9.17) is 9.47 Å². The van der Waals surface area contributed by atoms with Gasteiger partial charge in [-0.15, -0.1) is 0 Å². The molecular weight excluding hydrogens is 196 g/mol. The molecule has 0 N–H and O–H groups in total. The summed E-state index contributed by atoms with van der Waals surface area (Å²) in [5, 5.41) is 4.10. The molecule has 2 heterocycles. The van der Waals surface area contributed by atoms with Gasteiger partial charge < -0.3 is 9.47 Å². The summed E-state index contributed by atoms with van der Waals surface area (Å²) in [6.45, 7) is 2.93. The monoisotopic (exact) mass is 210 g/mol. The van der Waals surface area contributed by atoms with Crippen LogP contribution in [0.25, 0.3) is 0 Å². The summed E-state index contributed by atoms with van der Waals surface area (Å²) >= 11 is 0. The van der Waals surface area contributed by atoms with Gasteiger partial charge in [-0.1, -0.05) is 0 Å². The highest BCUT2D eigenvalue weighted by atomic mass is 16.6. The van der Waals surface area contributed by atoms with Crippen molar-refractivity contribution in [3.8, 4) is 0 Å². The van der Waals surface area contributed by atoms with Gasteiger partial charge in [0.2, 0.25) is 0 Å². The Morgan fingerprint density at radius 3 is 3.13 bits per heavy atom. The summed E-state index contributed by atoms with van der Waals surface area (Å²) in [7, 11) is 1.79. The number of ether oxygens (including phenoxy) is 2. The van der Waals surface area contributed by atoms with Gasteiger partial charge in [-0.05, 0) is 6.92 Å². The molecule has 1 atom stereocenters. The molecule has 1 aliphatic heterocycles. The molecule has 0 bridgehead atoms. The van der Waals surface area contributed by atoms with Gasteiger partial charge >= 0.3 is 5.97 Å². The van der Waals surface area contributed by atoms with E-state index in [0.717, 1.165) is 18.6 Å². The maximum Gasteiger partial charge on any atom is 0.359 e. The lowest BCUT2D eigenvalue weighted by Crippen LogP contribution is -2.09. The van der Waals surface area contributed by atoms with Crippen LogP contribution in [0, 0.1) is 0 Å². The van der Waals surface area contributed by atoms with Crippen LogP contribution in [0.3, 0.4) is 0 Å². The Bertz CT molecular complexity index is 369. The van der Waals surface area contributed by atoms with Crippen molar-refractivity contribution in [1.82, 2.24) is 9.78 Å². The van der Waals surface area contributed by atoms with Crippen LogP contribution in [0.5, 0.6) is 0 Å². The zero-order chi connectivity index (χ0) is 10.8. The van der Waals surface area contributed by atoms with Gasteiger partial charge in [0.1, 0.15) is 0 Å². The average molecular weight is 210 g/mol. The largest absolute Gasteiger partial charge is 0.461 e. The highest BCUT2D eigenvalue weighted by Gasteiger charge is 2.27. The third kappa shape index (κ3) is 2.36. The molecule has 1 aromatic rings. The number of aryl methyl sites for hydroxylation is 1. The first kappa shape index (κ1) is 10.2. The van der Waals surface area contributed by atoms with Crippen LogP contribution in [0.15, 0.2) is 6.20 Å². The zero-order valence-electron chi connectivity index (χ0n) is 8.90. The van der Waals surface area contributed by atoms with Crippen LogP contribution in [0.1, 0.15) is 23.0 Å². The summed E-state index contributed by atoms with van der Waals surface area (Å²) in [6, 6.07) is 0. The van der Waals surface area contributed by atoms with Crippen LogP contribution in [0.2, 0.25) is 0 Å². The molecule has 82 valence electrons. The molecule has 1 saturated heterocycles. The van der Waals surface area contributed by atoms with Crippen LogP contribution in [0.4, 0.5) is 0 Å². The minimum Gasteiger partial charge on any atom is -0.461 e. The van der Waals surface area contributed by atoms with E-state index in [1.807, 2.05) is 6.20 Å². The minimum absolute atomic E-state index is 0.252. The number of carbonyl (C=O) groups is 1. The molecule has 5 heteroatoms. The maximum absolute atomic E-state index is 11.5.